The quantitative estimate of drug-likeness (QED) is 0.782. The standard InChI is InChI=1S/C18H23NS/c1-4-17(19)16-7-5-6-8-18(16)20-12-15-10-13(2)9-14(3)11-15/h5-11,17H,4,12,19H2,1-3H3. The second kappa shape index (κ2) is 6.96. The van der Waals surface area contributed by atoms with E-state index < -0.39 is 0 Å². The largest absolute Gasteiger partial charge is 0.324 e. The Kier molecular flexibility index (Phi) is 5.27. The predicted molar refractivity (Wildman–Crippen MR) is 89.1 cm³/mol. The molecule has 2 heteroatoms. The SMILES string of the molecule is CCC(N)c1ccccc1SCc1cc(C)cc(C)c1. The van der Waals surface area contributed by atoms with E-state index in [9.17, 15) is 0 Å². The van der Waals surface area contributed by atoms with Crippen LogP contribution >= 0.6 is 11.8 Å². The average molecular weight is 285 g/mol. The van der Waals surface area contributed by atoms with Crippen LogP contribution in [0.4, 0.5) is 0 Å². The molecule has 20 heavy (non-hydrogen) atoms. The number of rotatable bonds is 5. The molecular formula is C18H23NS. The Morgan fingerprint density at radius 1 is 1.05 bits per heavy atom. The van der Waals surface area contributed by atoms with Crippen LogP contribution in [0, 0.1) is 13.8 Å². The summed E-state index contributed by atoms with van der Waals surface area (Å²) in [5, 5.41) is 0. The first-order valence-electron chi connectivity index (χ1n) is 7.14. The van der Waals surface area contributed by atoms with E-state index in [-0.39, 0.29) is 6.04 Å². The lowest BCUT2D eigenvalue weighted by Gasteiger charge is -2.14. The summed E-state index contributed by atoms with van der Waals surface area (Å²) < 4.78 is 0. The highest BCUT2D eigenvalue weighted by molar-refractivity contribution is 7.98. The van der Waals surface area contributed by atoms with Crippen molar-refractivity contribution in [2.75, 3.05) is 0 Å². The molecule has 0 saturated carbocycles. The molecule has 1 atom stereocenters. The molecule has 0 aliphatic carbocycles. The van der Waals surface area contributed by atoms with Crippen LogP contribution in [-0.2, 0) is 5.75 Å². The zero-order valence-electron chi connectivity index (χ0n) is 12.5. The Morgan fingerprint density at radius 3 is 2.35 bits per heavy atom. The molecule has 0 saturated heterocycles. The molecule has 0 radical (unpaired) electrons. The third-order valence-corrected chi connectivity index (χ3v) is 4.59. The Bertz CT molecular complexity index is 557. The van der Waals surface area contributed by atoms with Crippen LogP contribution in [0.15, 0.2) is 47.4 Å². The lowest BCUT2D eigenvalue weighted by Crippen LogP contribution is -2.09. The highest BCUT2D eigenvalue weighted by Crippen LogP contribution is 2.30. The van der Waals surface area contributed by atoms with Crippen LogP contribution in [0.5, 0.6) is 0 Å². The summed E-state index contributed by atoms with van der Waals surface area (Å²) in [6, 6.07) is 15.4. The number of thioether (sulfide) groups is 1. The third kappa shape index (κ3) is 3.87. The summed E-state index contributed by atoms with van der Waals surface area (Å²) in [6.07, 6.45) is 0.973. The lowest BCUT2D eigenvalue weighted by atomic mass is 10.1. The summed E-state index contributed by atoms with van der Waals surface area (Å²) in [5.74, 6) is 0.996. The van der Waals surface area contributed by atoms with Crippen molar-refractivity contribution in [1.29, 1.82) is 0 Å². The minimum Gasteiger partial charge on any atom is -0.324 e. The highest BCUT2D eigenvalue weighted by Gasteiger charge is 2.09. The molecule has 2 rings (SSSR count). The molecule has 0 spiro atoms. The number of hydrogen-bond donors (Lipinski definition) is 1. The Labute approximate surface area is 126 Å². The maximum atomic E-state index is 6.20. The molecule has 2 aromatic carbocycles. The van der Waals surface area contributed by atoms with Crippen molar-refractivity contribution in [2.24, 2.45) is 5.73 Å². The van der Waals surface area contributed by atoms with Gasteiger partial charge in [-0.3, -0.25) is 0 Å². The highest BCUT2D eigenvalue weighted by atomic mass is 32.2. The molecule has 2 N–H and O–H groups in total. The minimum absolute atomic E-state index is 0.137. The Balaban J connectivity index is 2.14. The zero-order valence-corrected chi connectivity index (χ0v) is 13.3. The predicted octanol–water partition coefficient (Wildman–Crippen LogP) is 5.01. The minimum atomic E-state index is 0.137. The van der Waals surface area contributed by atoms with E-state index in [0.717, 1.165) is 12.2 Å². The summed E-state index contributed by atoms with van der Waals surface area (Å²) in [6.45, 7) is 6.44. The molecule has 2 aromatic rings. The van der Waals surface area contributed by atoms with Gasteiger partial charge in [-0.2, -0.15) is 0 Å². The fourth-order valence-corrected chi connectivity index (χ4v) is 3.50. The Morgan fingerprint density at radius 2 is 1.70 bits per heavy atom. The molecule has 0 heterocycles. The summed E-state index contributed by atoms with van der Waals surface area (Å²) >= 11 is 1.88. The number of nitrogens with two attached hydrogens (primary N) is 1. The molecule has 0 fully saturated rings. The van der Waals surface area contributed by atoms with E-state index in [1.165, 1.54) is 27.1 Å². The van der Waals surface area contributed by atoms with Crippen molar-refractivity contribution in [2.45, 2.75) is 43.9 Å². The van der Waals surface area contributed by atoms with Gasteiger partial charge in [0.25, 0.3) is 0 Å². The van der Waals surface area contributed by atoms with Crippen molar-refractivity contribution >= 4 is 11.8 Å². The molecule has 0 amide bonds. The second-order valence-corrected chi connectivity index (χ2v) is 6.35. The van der Waals surface area contributed by atoms with Crippen LogP contribution in [0.1, 0.15) is 41.6 Å². The van der Waals surface area contributed by atoms with Crippen LogP contribution in [0.25, 0.3) is 0 Å². The van der Waals surface area contributed by atoms with Gasteiger partial charge in [-0.05, 0) is 37.5 Å². The third-order valence-electron chi connectivity index (χ3n) is 3.43. The van der Waals surface area contributed by atoms with Gasteiger partial charge in [-0.25, -0.2) is 0 Å². The normalized spacial score (nSPS) is 12.4. The molecule has 106 valence electrons. The molecule has 0 aliphatic rings. The lowest BCUT2D eigenvalue weighted by molar-refractivity contribution is 0.685. The number of aryl methyl sites for hydroxylation is 2. The first kappa shape index (κ1) is 15.1. The van der Waals surface area contributed by atoms with Gasteiger partial charge >= 0.3 is 0 Å². The molecule has 0 aliphatic heterocycles. The van der Waals surface area contributed by atoms with Gasteiger partial charge in [0, 0.05) is 16.7 Å². The first-order valence-corrected chi connectivity index (χ1v) is 8.13. The van der Waals surface area contributed by atoms with Gasteiger partial charge in [-0.15, -0.1) is 11.8 Å². The maximum absolute atomic E-state index is 6.20. The molecule has 0 aromatic heterocycles. The van der Waals surface area contributed by atoms with E-state index in [2.05, 4.69) is 63.2 Å². The number of hydrogen-bond acceptors (Lipinski definition) is 2. The molecule has 0 bridgehead atoms. The van der Waals surface area contributed by atoms with Crippen molar-refractivity contribution in [3.8, 4) is 0 Å². The molecular weight excluding hydrogens is 262 g/mol. The van der Waals surface area contributed by atoms with Gasteiger partial charge < -0.3 is 5.73 Å². The zero-order chi connectivity index (χ0) is 14.5. The first-order chi connectivity index (χ1) is 9.60. The topological polar surface area (TPSA) is 26.0 Å². The van der Waals surface area contributed by atoms with Crippen LogP contribution < -0.4 is 5.73 Å². The smallest absolute Gasteiger partial charge is 0.0303 e. The maximum Gasteiger partial charge on any atom is 0.0303 e. The van der Waals surface area contributed by atoms with Crippen LogP contribution in [0.3, 0.4) is 0 Å². The fourth-order valence-electron chi connectivity index (χ4n) is 2.45. The second-order valence-electron chi connectivity index (χ2n) is 5.34. The van der Waals surface area contributed by atoms with E-state index >= 15 is 0 Å². The van der Waals surface area contributed by atoms with Crippen molar-refractivity contribution in [3.63, 3.8) is 0 Å². The van der Waals surface area contributed by atoms with E-state index in [4.69, 9.17) is 5.73 Å². The van der Waals surface area contributed by atoms with Gasteiger partial charge in [-0.1, -0.05) is 54.4 Å². The van der Waals surface area contributed by atoms with Gasteiger partial charge in [0.2, 0.25) is 0 Å². The fraction of sp³-hybridized carbons (Fsp3) is 0.333. The molecule has 1 unspecified atom stereocenters. The Hall–Kier alpha value is -1.25. The number of benzene rings is 2. The van der Waals surface area contributed by atoms with E-state index in [1.54, 1.807) is 0 Å². The van der Waals surface area contributed by atoms with Crippen LogP contribution in [-0.4, -0.2) is 0 Å². The van der Waals surface area contributed by atoms with Crippen molar-refractivity contribution < 1.29 is 0 Å². The van der Waals surface area contributed by atoms with Gasteiger partial charge in [0.05, 0.1) is 0 Å². The van der Waals surface area contributed by atoms with Crippen molar-refractivity contribution in [1.82, 2.24) is 0 Å². The summed E-state index contributed by atoms with van der Waals surface area (Å²) in [7, 11) is 0. The monoisotopic (exact) mass is 285 g/mol. The summed E-state index contributed by atoms with van der Waals surface area (Å²) in [4.78, 5) is 1.31. The summed E-state index contributed by atoms with van der Waals surface area (Å²) in [5.41, 5.74) is 11.5. The van der Waals surface area contributed by atoms with E-state index in [0.29, 0.717) is 0 Å². The van der Waals surface area contributed by atoms with Gasteiger partial charge in [0.15, 0.2) is 0 Å². The molecule has 1 nitrogen and oxygen atoms in total. The van der Waals surface area contributed by atoms with Crippen molar-refractivity contribution in [3.05, 3.63) is 64.7 Å². The van der Waals surface area contributed by atoms with Gasteiger partial charge in [0.1, 0.15) is 0 Å². The van der Waals surface area contributed by atoms with E-state index in [1.807, 2.05) is 11.8 Å². The average Bonchev–Trinajstić information content (AvgIpc) is 2.43. The van der Waals surface area contributed by atoms with Crippen LogP contribution in [0.2, 0.25) is 0 Å².